The van der Waals surface area contributed by atoms with Crippen molar-refractivity contribution in [3.05, 3.63) is 12.2 Å². The molecule has 21 heavy (non-hydrogen) atoms. The van der Waals surface area contributed by atoms with Crippen LogP contribution in [0.3, 0.4) is 0 Å². The maximum absolute atomic E-state index is 11.6. The second kappa shape index (κ2) is 11.0. The highest BCUT2D eigenvalue weighted by atomic mass is 28.4. The van der Waals surface area contributed by atoms with E-state index in [-0.39, 0.29) is 12.1 Å². The highest BCUT2D eigenvalue weighted by Crippen LogP contribution is 2.19. The van der Waals surface area contributed by atoms with Gasteiger partial charge >= 0.3 is 14.8 Å². The molecule has 0 fully saturated rings. The summed E-state index contributed by atoms with van der Waals surface area (Å²) >= 11 is 0. The SMILES string of the molecule is C=C(C)C(=O)OC(CCC)CCCC[Si](OC)(OC)OC. The van der Waals surface area contributed by atoms with Gasteiger partial charge in [0.2, 0.25) is 0 Å². The van der Waals surface area contributed by atoms with Crippen molar-refractivity contribution in [2.75, 3.05) is 21.3 Å². The van der Waals surface area contributed by atoms with Gasteiger partial charge in [0.1, 0.15) is 6.10 Å². The van der Waals surface area contributed by atoms with Crippen LogP contribution in [-0.4, -0.2) is 42.2 Å². The van der Waals surface area contributed by atoms with E-state index >= 15 is 0 Å². The molecule has 0 aromatic carbocycles. The molecule has 0 aromatic heterocycles. The van der Waals surface area contributed by atoms with E-state index in [2.05, 4.69) is 13.5 Å². The molecule has 124 valence electrons. The zero-order valence-corrected chi connectivity index (χ0v) is 15.1. The van der Waals surface area contributed by atoms with E-state index in [1.165, 1.54) is 0 Å². The van der Waals surface area contributed by atoms with Gasteiger partial charge in [-0.3, -0.25) is 0 Å². The van der Waals surface area contributed by atoms with Crippen molar-refractivity contribution in [3.63, 3.8) is 0 Å². The lowest BCUT2D eigenvalue weighted by atomic mass is 10.1. The number of carbonyl (C=O) groups is 1. The molecule has 0 aromatic rings. The van der Waals surface area contributed by atoms with Crippen LogP contribution < -0.4 is 0 Å². The Morgan fingerprint density at radius 3 is 2.10 bits per heavy atom. The number of esters is 1. The lowest BCUT2D eigenvalue weighted by Crippen LogP contribution is -2.42. The van der Waals surface area contributed by atoms with E-state index in [4.69, 9.17) is 18.0 Å². The van der Waals surface area contributed by atoms with Crippen LogP contribution in [-0.2, 0) is 22.8 Å². The summed E-state index contributed by atoms with van der Waals surface area (Å²) in [7, 11) is 2.38. The zero-order valence-electron chi connectivity index (χ0n) is 14.1. The number of carbonyl (C=O) groups excluding carboxylic acids is 1. The molecule has 0 aliphatic heterocycles. The molecule has 5 nitrogen and oxygen atoms in total. The topological polar surface area (TPSA) is 54.0 Å². The summed E-state index contributed by atoms with van der Waals surface area (Å²) in [6, 6.07) is 0.768. The third-order valence-electron chi connectivity index (χ3n) is 3.42. The van der Waals surface area contributed by atoms with Crippen molar-refractivity contribution in [2.24, 2.45) is 0 Å². The van der Waals surface area contributed by atoms with Crippen LogP contribution in [0.2, 0.25) is 6.04 Å². The second-order valence-electron chi connectivity index (χ2n) is 5.14. The molecule has 0 aliphatic carbocycles. The van der Waals surface area contributed by atoms with Crippen molar-refractivity contribution in [3.8, 4) is 0 Å². The standard InChI is InChI=1S/C15H30O5Si/c1-7-10-14(20-15(16)13(2)3)11-8-9-12-21(17-4,18-5)19-6/h14H,2,7-12H2,1,3-6H3. The Hall–Kier alpha value is -0.693. The summed E-state index contributed by atoms with van der Waals surface area (Å²) in [5.41, 5.74) is 0.445. The molecular weight excluding hydrogens is 288 g/mol. The van der Waals surface area contributed by atoms with Crippen LogP contribution in [0.25, 0.3) is 0 Å². The summed E-state index contributed by atoms with van der Waals surface area (Å²) < 4.78 is 21.6. The normalized spacial score (nSPS) is 13.0. The zero-order chi connectivity index (χ0) is 16.3. The van der Waals surface area contributed by atoms with Crippen molar-refractivity contribution < 1.29 is 22.8 Å². The fraction of sp³-hybridized carbons (Fsp3) is 0.800. The Balaban J connectivity index is 4.19. The molecule has 0 N–H and O–H groups in total. The van der Waals surface area contributed by atoms with Crippen LogP contribution in [0, 0.1) is 0 Å². The molecule has 0 bridgehead atoms. The van der Waals surface area contributed by atoms with Crippen molar-refractivity contribution in [2.45, 2.75) is 58.1 Å². The van der Waals surface area contributed by atoms with Gasteiger partial charge in [-0.1, -0.05) is 19.9 Å². The number of hydrogen-bond acceptors (Lipinski definition) is 5. The van der Waals surface area contributed by atoms with Gasteiger partial charge in [-0.05, 0) is 32.6 Å². The molecule has 1 unspecified atom stereocenters. The van der Waals surface area contributed by atoms with Gasteiger partial charge in [0.15, 0.2) is 0 Å². The summed E-state index contributed by atoms with van der Waals surface area (Å²) in [4.78, 5) is 11.6. The largest absolute Gasteiger partial charge is 0.500 e. The van der Waals surface area contributed by atoms with Gasteiger partial charge in [-0.15, -0.1) is 0 Å². The lowest BCUT2D eigenvalue weighted by Gasteiger charge is -2.24. The molecule has 0 heterocycles. The molecule has 0 radical (unpaired) electrons. The Morgan fingerprint density at radius 1 is 1.10 bits per heavy atom. The Bertz CT molecular complexity index is 307. The minimum absolute atomic E-state index is 0.0390. The molecule has 0 saturated carbocycles. The highest BCUT2D eigenvalue weighted by molar-refractivity contribution is 6.60. The third kappa shape index (κ3) is 7.76. The van der Waals surface area contributed by atoms with Gasteiger partial charge in [-0.25, -0.2) is 4.79 Å². The number of hydrogen-bond donors (Lipinski definition) is 0. The number of rotatable bonds is 12. The van der Waals surface area contributed by atoms with Gasteiger partial charge in [0, 0.05) is 32.9 Å². The minimum Gasteiger partial charge on any atom is -0.459 e. The van der Waals surface area contributed by atoms with Gasteiger partial charge in [-0.2, -0.15) is 0 Å². The molecule has 0 amide bonds. The van der Waals surface area contributed by atoms with Crippen LogP contribution in [0.15, 0.2) is 12.2 Å². The van der Waals surface area contributed by atoms with E-state index in [1.54, 1.807) is 28.3 Å². The average molecular weight is 318 g/mol. The van der Waals surface area contributed by atoms with Gasteiger partial charge in [0.05, 0.1) is 0 Å². The first-order valence-electron chi connectivity index (χ1n) is 7.46. The first kappa shape index (κ1) is 20.3. The first-order valence-corrected chi connectivity index (χ1v) is 9.39. The Labute approximate surface area is 130 Å². The molecule has 0 aliphatic rings. The molecule has 1 atom stereocenters. The minimum atomic E-state index is -2.48. The first-order chi connectivity index (χ1) is 9.94. The number of unbranched alkanes of at least 4 members (excludes halogenated alkanes) is 1. The van der Waals surface area contributed by atoms with Crippen LogP contribution in [0.4, 0.5) is 0 Å². The van der Waals surface area contributed by atoms with E-state index < -0.39 is 8.80 Å². The number of ether oxygens (including phenoxy) is 1. The van der Waals surface area contributed by atoms with Gasteiger partial charge in [0.25, 0.3) is 0 Å². The molecule has 0 rings (SSSR count). The summed E-state index contributed by atoms with van der Waals surface area (Å²) in [6.07, 6.45) is 4.53. The van der Waals surface area contributed by atoms with Crippen LogP contribution in [0.1, 0.15) is 46.0 Å². The average Bonchev–Trinajstić information content (AvgIpc) is 2.48. The van der Waals surface area contributed by atoms with Crippen LogP contribution in [0.5, 0.6) is 0 Å². The predicted octanol–water partition coefficient (Wildman–Crippen LogP) is 3.32. The van der Waals surface area contributed by atoms with E-state index in [1.807, 2.05) is 0 Å². The third-order valence-corrected chi connectivity index (χ3v) is 6.26. The summed E-state index contributed by atoms with van der Waals surface area (Å²) in [5, 5.41) is 0. The Kier molecular flexibility index (Phi) is 10.6. The quantitative estimate of drug-likeness (QED) is 0.239. The van der Waals surface area contributed by atoms with Crippen LogP contribution >= 0.6 is 0 Å². The molecule has 6 heteroatoms. The maximum atomic E-state index is 11.6. The lowest BCUT2D eigenvalue weighted by molar-refractivity contribution is -0.144. The monoisotopic (exact) mass is 318 g/mol. The summed E-state index contributed by atoms with van der Waals surface area (Å²) in [5.74, 6) is -0.303. The fourth-order valence-electron chi connectivity index (χ4n) is 2.11. The molecule has 0 saturated heterocycles. The Morgan fingerprint density at radius 2 is 1.67 bits per heavy atom. The van der Waals surface area contributed by atoms with Crippen molar-refractivity contribution >= 4 is 14.8 Å². The molecular formula is C15H30O5Si. The van der Waals surface area contributed by atoms with E-state index in [9.17, 15) is 4.79 Å². The van der Waals surface area contributed by atoms with Gasteiger partial charge < -0.3 is 18.0 Å². The van der Waals surface area contributed by atoms with Crippen molar-refractivity contribution in [1.29, 1.82) is 0 Å². The maximum Gasteiger partial charge on any atom is 0.500 e. The smallest absolute Gasteiger partial charge is 0.459 e. The molecule has 0 spiro atoms. The van der Waals surface area contributed by atoms with Crippen molar-refractivity contribution in [1.82, 2.24) is 0 Å². The second-order valence-corrected chi connectivity index (χ2v) is 8.23. The predicted molar refractivity (Wildman–Crippen MR) is 85.0 cm³/mol. The highest BCUT2D eigenvalue weighted by Gasteiger charge is 2.36. The van der Waals surface area contributed by atoms with E-state index in [0.29, 0.717) is 5.57 Å². The van der Waals surface area contributed by atoms with E-state index in [0.717, 1.165) is 38.1 Å². The fourth-order valence-corrected chi connectivity index (χ4v) is 3.90. The summed E-state index contributed by atoms with van der Waals surface area (Å²) in [6.45, 7) is 7.36.